The molecule has 0 unspecified atom stereocenters. The Morgan fingerprint density at radius 1 is 1.32 bits per heavy atom. The Kier molecular flexibility index (Phi) is 5.58. The minimum Gasteiger partial charge on any atom is -0.326 e. The normalized spacial score (nSPS) is 10.6. The van der Waals surface area contributed by atoms with E-state index in [1.807, 2.05) is 10.9 Å². The summed E-state index contributed by atoms with van der Waals surface area (Å²) in [7, 11) is 0. The molecule has 19 heavy (non-hydrogen) atoms. The zero-order valence-electron chi connectivity index (χ0n) is 11.8. The van der Waals surface area contributed by atoms with Crippen molar-refractivity contribution in [3.8, 4) is 11.1 Å². The number of hydrogen-bond acceptors (Lipinski definition) is 2. The zero-order valence-corrected chi connectivity index (χ0v) is 12.6. The lowest BCUT2D eigenvalue weighted by atomic mass is 9.99. The van der Waals surface area contributed by atoms with Gasteiger partial charge >= 0.3 is 0 Å². The molecule has 0 saturated heterocycles. The number of hydrogen-bond donors (Lipinski definition) is 1. The van der Waals surface area contributed by atoms with Crippen LogP contribution in [0.25, 0.3) is 11.1 Å². The van der Waals surface area contributed by atoms with Crippen molar-refractivity contribution in [1.29, 1.82) is 0 Å². The van der Waals surface area contributed by atoms with Gasteiger partial charge in [-0.25, -0.2) is 0 Å². The molecule has 3 nitrogen and oxygen atoms in total. The van der Waals surface area contributed by atoms with Crippen molar-refractivity contribution in [2.75, 3.05) is 0 Å². The van der Waals surface area contributed by atoms with Gasteiger partial charge in [0.1, 0.15) is 0 Å². The van der Waals surface area contributed by atoms with Crippen molar-refractivity contribution in [1.82, 2.24) is 9.78 Å². The molecule has 0 aliphatic rings. The first-order valence-electron chi connectivity index (χ1n) is 6.43. The molecule has 0 saturated carbocycles. The average molecular weight is 280 g/mol. The average Bonchev–Trinajstić information content (AvgIpc) is 2.76. The molecule has 0 atom stereocenters. The highest BCUT2D eigenvalue weighted by Gasteiger charge is 2.08. The molecule has 1 aromatic heterocycles. The Morgan fingerprint density at radius 2 is 2.05 bits per heavy atom. The molecule has 0 spiro atoms. The lowest BCUT2D eigenvalue weighted by Crippen LogP contribution is -2.04. The number of rotatable bonds is 4. The van der Waals surface area contributed by atoms with Crippen LogP contribution in [0, 0.1) is 12.8 Å². The number of aromatic nitrogens is 2. The van der Waals surface area contributed by atoms with E-state index in [0.29, 0.717) is 12.5 Å². The maximum absolute atomic E-state index is 5.75. The van der Waals surface area contributed by atoms with Crippen LogP contribution in [-0.4, -0.2) is 9.78 Å². The molecular weight excluding hydrogens is 258 g/mol. The Bertz CT molecular complexity index is 532. The fourth-order valence-corrected chi connectivity index (χ4v) is 2.19. The molecular formula is C15H22ClN3. The predicted molar refractivity (Wildman–Crippen MR) is 82.4 cm³/mol. The quantitative estimate of drug-likeness (QED) is 0.932. The summed E-state index contributed by atoms with van der Waals surface area (Å²) in [5.41, 5.74) is 10.6. The van der Waals surface area contributed by atoms with Gasteiger partial charge in [0.25, 0.3) is 0 Å². The summed E-state index contributed by atoms with van der Waals surface area (Å²) in [6.45, 7) is 8.05. The third-order valence-electron chi connectivity index (χ3n) is 3.16. The summed E-state index contributed by atoms with van der Waals surface area (Å²) >= 11 is 0. The van der Waals surface area contributed by atoms with Crippen LogP contribution < -0.4 is 5.73 Å². The van der Waals surface area contributed by atoms with Gasteiger partial charge in [-0.3, -0.25) is 4.68 Å². The van der Waals surface area contributed by atoms with E-state index in [1.165, 1.54) is 22.3 Å². The molecule has 2 rings (SSSR count). The van der Waals surface area contributed by atoms with Gasteiger partial charge < -0.3 is 5.73 Å². The van der Waals surface area contributed by atoms with E-state index in [4.69, 9.17) is 5.73 Å². The summed E-state index contributed by atoms with van der Waals surface area (Å²) in [6, 6.07) is 6.27. The van der Waals surface area contributed by atoms with Gasteiger partial charge in [0.2, 0.25) is 0 Å². The Labute approximate surface area is 121 Å². The number of nitrogens with zero attached hydrogens (tertiary/aromatic N) is 2. The first-order valence-corrected chi connectivity index (χ1v) is 6.43. The van der Waals surface area contributed by atoms with Crippen molar-refractivity contribution in [2.45, 2.75) is 33.9 Å². The van der Waals surface area contributed by atoms with Gasteiger partial charge in [-0.05, 0) is 29.5 Å². The lowest BCUT2D eigenvalue weighted by Gasteiger charge is -2.08. The van der Waals surface area contributed by atoms with Crippen LogP contribution in [0.5, 0.6) is 0 Å². The second-order valence-electron chi connectivity index (χ2n) is 5.14. The lowest BCUT2D eigenvalue weighted by molar-refractivity contribution is 0.483. The highest BCUT2D eigenvalue weighted by molar-refractivity contribution is 5.85. The van der Waals surface area contributed by atoms with Crippen LogP contribution in [-0.2, 0) is 13.1 Å². The Hall–Kier alpha value is -1.32. The van der Waals surface area contributed by atoms with Gasteiger partial charge in [-0.2, -0.15) is 5.10 Å². The van der Waals surface area contributed by atoms with E-state index in [2.05, 4.69) is 50.3 Å². The monoisotopic (exact) mass is 279 g/mol. The molecule has 0 amide bonds. The third kappa shape index (κ3) is 3.58. The fraction of sp³-hybridized carbons (Fsp3) is 0.400. The van der Waals surface area contributed by atoms with Crippen LogP contribution in [0.2, 0.25) is 0 Å². The van der Waals surface area contributed by atoms with E-state index in [-0.39, 0.29) is 12.4 Å². The summed E-state index contributed by atoms with van der Waals surface area (Å²) in [4.78, 5) is 0. The van der Waals surface area contributed by atoms with Crippen LogP contribution in [0.4, 0.5) is 0 Å². The van der Waals surface area contributed by atoms with Crippen LogP contribution in [0.1, 0.15) is 25.0 Å². The highest BCUT2D eigenvalue weighted by atomic mass is 35.5. The molecule has 0 aliphatic heterocycles. The highest BCUT2D eigenvalue weighted by Crippen LogP contribution is 2.25. The summed E-state index contributed by atoms with van der Waals surface area (Å²) in [5.74, 6) is 0.606. The largest absolute Gasteiger partial charge is 0.326 e. The second kappa shape index (κ2) is 6.73. The smallest absolute Gasteiger partial charge is 0.0568 e. The van der Waals surface area contributed by atoms with Gasteiger partial charge in [0.05, 0.1) is 6.20 Å². The predicted octanol–water partition coefficient (Wildman–Crippen LogP) is 3.40. The van der Waals surface area contributed by atoms with E-state index in [9.17, 15) is 0 Å². The maximum Gasteiger partial charge on any atom is 0.0568 e. The zero-order chi connectivity index (χ0) is 13.1. The minimum absolute atomic E-state index is 0. The number of nitrogens with two attached hydrogens (primary N) is 1. The van der Waals surface area contributed by atoms with Gasteiger partial charge in [0.15, 0.2) is 0 Å². The summed E-state index contributed by atoms with van der Waals surface area (Å²) in [5, 5.41) is 4.41. The molecule has 104 valence electrons. The van der Waals surface area contributed by atoms with E-state index >= 15 is 0 Å². The van der Waals surface area contributed by atoms with Crippen LogP contribution in [0.3, 0.4) is 0 Å². The second-order valence-corrected chi connectivity index (χ2v) is 5.14. The van der Waals surface area contributed by atoms with Gasteiger partial charge in [-0.15, -0.1) is 12.4 Å². The SMILES string of the molecule is Cc1c(CN)cccc1-c1cnn(CC(C)C)c1.Cl. The summed E-state index contributed by atoms with van der Waals surface area (Å²) in [6.07, 6.45) is 4.05. The van der Waals surface area contributed by atoms with Crippen molar-refractivity contribution in [2.24, 2.45) is 11.7 Å². The van der Waals surface area contributed by atoms with Crippen LogP contribution >= 0.6 is 12.4 Å². The van der Waals surface area contributed by atoms with Gasteiger partial charge in [0, 0.05) is 24.8 Å². The van der Waals surface area contributed by atoms with E-state index in [0.717, 1.165) is 6.54 Å². The first-order chi connectivity index (χ1) is 8.61. The standard InChI is InChI=1S/C15H21N3.ClH/c1-11(2)9-18-10-14(8-17-18)15-6-4-5-13(7-16)12(15)3;/h4-6,8,10-11H,7,9,16H2,1-3H3;1H. The van der Waals surface area contributed by atoms with Crippen molar-refractivity contribution in [3.05, 3.63) is 41.7 Å². The molecule has 2 aromatic rings. The van der Waals surface area contributed by atoms with Crippen LogP contribution in [0.15, 0.2) is 30.6 Å². The Morgan fingerprint density at radius 3 is 2.68 bits per heavy atom. The molecule has 0 radical (unpaired) electrons. The fourth-order valence-electron chi connectivity index (χ4n) is 2.19. The minimum atomic E-state index is 0. The number of halogens is 1. The number of benzene rings is 1. The molecule has 0 bridgehead atoms. The topological polar surface area (TPSA) is 43.8 Å². The van der Waals surface area contributed by atoms with E-state index in [1.54, 1.807) is 0 Å². The molecule has 1 aromatic carbocycles. The molecule has 2 N–H and O–H groups in total. The molecule has 4 heteroatoms. The molecule has 1 heterocycles. The first kappa shape index (κ1) is 15.7. The van der Waals surface area contributed by atoms with Crippen molar-refractivity contribution < 1.29 is 0 Å². The molecule has 0 fully saturated rings. The van der Waals surface area contributed by atoms with Gasteiger partial charge in [-0.1, -0.05) is 32.0 Å². The van der Waals surface area contributed by atoms with E-state index < -0.39 is 0 Å². The third-order valence-corrected chi connectivity index (χ3v) is 3.16. The van der Waals surface area contributed by atoms with Crippen molar-refractivity contribution in [3.63, 3.8) is 0 Å². The Balaban J connectivity index is 0.00000180. The van der Waals surface area contributed by atoms with Crippen molar-refractivity contribution >= 4 is 12.4 Å². The maximum atomic E-state index is 5.75. The summed E-state index contributed by atoms with van der Waals surface area (Å²) < 4.78 is 2.01. The molecule has 0 aliphatic carbocycles.